The third kappa shape index (κ3) is 4.94. The van der Waals surface area contributed by atoms with E-state index in [4.69, 9.17) is 9.72 Å². The first-order valence-corrected chi connectivity index (χ1v) is 8.93. The van der Waals surface area contributed by atoms with Crippen LogP contribution >= 0.6 is 11.3 Å². The van der Waals surface area contributed by atoms with Crippen LogP contribution in [0.1, 0.15) is 49.1 Å². The van der Waals surface area contributed by atoms with Crippen molar-refractivity contribution in [1.29, 1.82) is 0 Å². The minimum Gasteiger partial charge on any atom is -0.383 e. The molecular formula is C16H29N3OS. The van der Waals surface area contributed by atoms with Gasteiger partial charge in [0.25, 0.3) is 0 Å². The van der Waals surface area contributed by atoms with Crippen molar-refractivity contribution in [2.24, 2.45) is 0 Å². The van der Waals surface area contributed by atoms with Crippen LogP contribution in [0.4, 0.5) is 5.13 Å². The van der Waals surface area contributed by atoms with Crippen molar-refractivity contribution in [1.82, 2.24) is 10.3 Å². The summed E-state index contributed by atoms with van der Waals surface area (Å²) in [5.74, 6) is 0. The highest BCUT2D eigenvalue weighted by molar-refractivity contribution is 7.15. The number of aryl methyl sites for hydroxylation is 1. The van der Waals surface area contributed by atoms with Gasteiger partial charge < -0.3 is 15.0 Å². The molecule has 0 radical (unpaired) electrons. The van der Waals surface area contributed by atoms with E-state index in [2.05, 4.69) is 24.2 Å². The molecule has 1 aliphatic carbocycles. The van der Waals surface area contributed by atoms with Gasteiger partial charge in [0, 0.05) is 38.2 Å². The topological polar surface area (TPSA) is 37.4 Å². The molecule has 5 heteroatoms. The van der Waals surface area contributed by atoms with Gasteiger partial charge in [-0.05, 0) is 19.8 Å². The SMILES string of the molecule is COCCNCc1sc(N(C)C2CCCCCC2)nc1C. The maximum absolute atomic E-state index is 5.06. The quantitative estimate of drug-likeness (QED) is 0.619. The van der Waals surface area contributed by atoms with Gasteiger partial charge in [0.1, 0.15) is 0 Å². The zero-order valence-corrected chi connectivity index (χ0v) is 14.5. The predicted octanol–water partition coefficient (Wildman–Crippen LogP) is 3.35. The fraction of sp³-hybridized carbons (Fsp3) is 0.812. The lowest BCUT2D eigenvalue weighted by atomic mass is 10.1. The molecule has 0 spiro atoms. The molecule has 0 saturated heterocycles. The molecule has 2 rings (SSSR count). The molecule has 0 bridgehead atoms. The third-order valence-corrected chi connectivity index (χ3v) is 5.57. The highest BCUT2D eigenvalue weighted by Crippen LogP contribution is 2.30. The van der Waals surface area contributed by atoms with Gasteiger partial charge in [-0.1, -0.05) is 25.7 Å². The molecule has 0 amide bonds. The standard InChI is InChI=1S/C16H29N3OS/c1-13-15(12-17-10-11-20-3)21-16(18-13)19(2)14-8-6-4-5-7-9-14/h14,17H,4-12H2,1-3H3. The molecule has 1 aliphatic rings. The first kappa shape index (κ1) is 16.7. The number of nitrogens with one attached hydrogen (secondary N) is 1. The predicted molar refractivity (Wildman–Crippen MR) is 90.3 cm³/mol. The van der Waals surface area contributed by atoms with E-state index in [-0.39, 0.29) is 0 Å². The Morgan fingerprint density at radius 1 is 1.29 bits per heavy atom. The van der Waals surface area contributed by atoms with Gasteiger partial charge in [-0.2, -0.15) is 0 Å². The molecule has 21 heavy (non-hydrogen) atoms. The van der Waals surface area contributed by atoms with Crippen molar-refractivity contribution in [3.05, 3.63) is 10.6 Å². The number of hydrogen-bond donors (Lipinski definition) is 1. The molecule has 120 valence electrons. The minimum atomic E-state index is 0.673. The fourth-order valence-electron chi connectivity index (χ4n) is 2.90. The van der Waals surface area contributed by atoms with Crippen molar-refractivity contribution >= 4 is 16.5 Å². The summed E-state index contributed by atoms with van der Waals surface area (Å²) in [6.07, 6.45) is 8.16. The van der Waals surface area contributed by atoms with E-state index in [0.29, 0.717) is 6.04 Å². The summed E-state index contributed by atoms with van der Waals surface area (Å²) in [5.41, 5.74) is 1.17. The second-order valence-electron chi connectivity index (χ2n) is 5.93. The van der Waals surface area contributed by atoms with Crippen LogP contribution in [0.2, 0.25) is 0 Å². The summed E-state index contributed by atoms with van der Waals surface area (Å²) in [6, 6.07) is 0.673. The van der Waals surface area contributed by atoms with Crippen LogP contribution in [-0.2, 0) is 11.3 Å². The monoisotopic (exact) mass is 311 g/mol. The summed E-state index contributed by atoms with van der Waals surface area (Å²) in [5, 5.41) is 4.60. The van der Waals surface area contributed by atoms with E-state index in [1.807, 2.05) is 11.3 Å². The summed E-state index contributed by atoms with van der Waals surface area (Å²) in [4.78, 5) is 8.56. The summed E-state index contributed by atoms with van der Waals surface area (Å²) in [6.45, 7) is 4.66. The molecule has 0 aliphatic heterocycles. The first-order valence-electron chi connectivity index (χ1n) is 8.11. The second-order valence-corrected chi connectivity index (χ2v) is 6.99. The molecule has 4 nitrogen and oxygen atoms in total. The Morgan fingerprint density at radius 3 is 2.67 bits per heavy atom. The average molecular weight is 311 g/mol. The Balaban J connectivity index is 1.93. The summed E-state index contributed by atoms with van der Waals surface area (Å²) < 4.78 is 5.06. The van der Waals surface area contributed by atoms with E-state index >= 15 is 0 Å². The smallest absolute Gasteiger partial charge is 0.185 e. The van der Waals surface area contributed by atoms with Crippen molar-refractivity contribution in [2.75, 3.05) is 32.2 Å². The van der Waals surface area contributed by atoms with Gasteiger partial charge in [-0.15, -0.1) is 11.3 Å². The molecule has 1 fully saturated rings. The van der Waals surface area contributed by atoms with Gasteiger partial charge in [0.15, 0.2) is 5.13 Å². The Hall–Kier alpha value is -0.650. The Kier molecular flexibility index (Phi) is 6.93. The van der Waals surface area contributed by atoms with Crippen LogP contribution in [0, 0.1) is 6.92 Å². The van der Waals surface area contributed by atoms with E-state index in [9.17, 15) is 0 Å². The molecule has 1 aromatic heterocycles. The first-order chi connectivity index (χ1) is 10.2. The highest BCUT2D eigenvalue weighted by atomic mass is 32.1. The minimum absolute atomic E-state index is 0.673. The number of rotatable bonds is 7. The number of ether oxygens (including phenoxy) is 1. The number of hydrogen-bond acceptors (Lipinski definition) is 5. The number of aromatic nitrogens is 1. The molecule has 0 unspecified atom stereocenters. The van der Waals surface area contributed by atoms with E-state index in [1.54, 1.807) is 7.11 Å². The van der Waals surface area contributed by atoms with Crippen molar-refractivity contribution in [3.63, 3.8) is 0 Å². The fourth-order valence-corrected chi connectivity index (χ4v) is 3.97. The van der Waals surface area contributed by atoms with Crippen molar-refractivity contribution in [2.45, 2.75) is 58.0 Å². The maximum atomic E-state index is 5.06. The van der Waals surface area contributed by atoms with Gasteiger partial charge >= 0.3 is 0 Å². The Bertz CT molecular complexity index is 414. The van der Waals surface area contributed by atoms with Crippen molar-refractivity contribution < 1.29 is 4.74 Å². The molecule has 1 aromatic rings. The Morgan fingerprint density at radius 2 is 2.00 bits per heavy atom. The van der Waals surface area contributed by atoms with Crippen LogP contribution in [0.15, 0.2) is 0 Å². The average Bonchev–Trinajstić information content (AvgIpc) is 2.69. The second kappa shape index (κ2) is 8.71. The van der Waals surface area contributed by atoms with E-state index < -0.39 is 0 Å². The van der Waals surface area contributed by atoms with Crippen molar-refractivity contribution in [3.8, 4) is 0 Å². The lowest BCUT2D eigenvalue weighted by Gasteiger charge is -2.26. The highest BCUT2D eigenvalue weighted by Gasteiger charge is 2.20. The van der Waals surface area contributed by atoms with Crippen LogP contribution in [-0.4, -0.2) is 38.3 Å². The normalized spacial score (nSPS) is 16.9. The maximum Gasteiger partial charge on any atom is 0.185 e. The molecule has 1 saturated carbocycles. The van der Waals surface area contributed by atoms with Gasteiger partial charge in [-0.3, -0.25) is 0 Å². The number of anilines is 1. The number of thiazole rings is 1. The lowest BCUT2D eigenvalue weighted by molar-refractivity contribution is 0.199. The van der Waals surface area contributed by atoms with Gasteiger partial charge in [0.2, 0.25) is 0 Å². The molecule has 1 N–H and O–H groups in total. The molecule has 0 aromatic carbocycles. The molecule has 0 atom stereocenters. The van der Waals surface area contributed by atoms with E-state index in [0.717, 1.165) is 19.7 Å². The molecule has 1 heterocycles. The van der Waals surface area contributed by atoms with Crippen LogP contribution in [0.5, 0.6) is 0 Å². The molecular weight excluding hydrogens is 282 g/mol. The third-order valence-electron chi connectivity index (χ3n) is 4.32. The largest absolute Gasteiger partial charge is 0.383 e. The number of nitrogens with zero attached hydrogens (tertiary/aromatic N) is 2. The van der Waals surface area contributed by atoms with Gasteiger partial charge in [-0.25, -0.2) is 4.98 Å². The zero-order valence-electron chi connectivity index (χ0n) is 13.7. The van der Waals surface area contributed by atoms with Gasteiger partial charge in [0.05, 0.1) is 12.3 Å². The Labute approximate surface area is 132 Å². The van der Waals surface area contributed by atoms with E-state index in [1.165, 1.54) is 54.2 Å². The van der Waals surface area contributed by atoms with Crippen LogP contribution in [0.3, 0.4) is 0 Å². The lowest BCUT2D eigenvalue weighted by Crippen LogP contribution is -2.30. The van der Waals surface area contributed by atoms with Crippen LogP contribution in [0.25, 0.3) is 0 Å². The summed E-state index contributed by atoms with van der Waals surface area (Å²) in [7, 11) is 3.95. The number of methoxy groups -OCH3 is 1. The zero-order chi connectivity index (χ0) is 15.1. The van der Waals surface area contributed by atoms with Crippen LogP contribution < -0.4 is 10.2 Å². The summed E-state index contributed by atoms with van der Waals surface area (Å²) >= 11 is 1.84.